The molecule has 0 spiro atoms. The molecule has 0 fully saturated rings. The van der Waals surface area contributed by atoms with Gasteiger partial charge in [-0.2, -0.15) is 0 Å². The molecular weight excluding hydrogens is 254 g/mol. The van der Waals surface area contributed by atoms with E-state index in [1.165, 1.54) is 0 Å². The number of halogens is 3. The van der Waals surface area contributed by atoms with E-state index in [4.69, 9.17) is 16.4 Å². The van der Waals surface area contributed by atoms with Crippen molar-refractivity contribution in [3.8, 4) is 0 Å². The van der Waals surface area contributed by atoms with Crippen LogP contribution in [0.3, 0.4) is 0 Å². The first kappa shape index (κ1) is 11.9. The van der Waals surface area contributed by atoms with Crippen molar-refractivity contribution in [3.05, 3.63) is 22.1 Å². The van der Waals surface area contributed by atoms with Crippen molar-refractivity contribution in [3.63, 3.8) is 0 Å². The predicted molar refractivity (Wildman–Crippen MR) is 49.5 cm³/mol. The molecule has 0 aliphatic rings. The van der Waals surface area contributed by atoms with E-state index < -0.39 is 37.2 Å². The Morgan fingerprint density at radius 2 is 2.00 bits per heavy atom. The minimum absolute atomic E-state index is 0.586. The highest BCUT2D eigenvalue weighted by Gasteiger charge is 2.25. The van der Waals surface area contributed by atoms with Gasteiger partial charge in [0.15, 0.2) is 0 Å². The number of rotatable bonds is 2. The standard InChI is InChI=1S/C6H5ClF2N2O3S/c7-15(13,14)2-1-11-6(12)4(10)3(2)5(8)9/h1,5H,10H2,(H,11,12). The number of anilines is 1. The van der Waals surface area contributed by atoms with E-state index in [1.807, 2.05) is 4.98 Å². The van der Waals surface area contributed by atoms with Crippen LogP contribution < -0.4 is 11.3 Å². The van der Waals surface area contributed by atoms with Gasteiger partial charge >= 0.3 is 0 Å². The van der Waals surface area contributed by atoms with Gasteiger partial charge in [-0.25, -0.2) is 17.2 Å². The first-order chi connectivity index (χ1) is 6.75. The number of nitrogens with one attached hydrogen (secondary N) is 1. The average Bonchev–Trinajstić information content (AvgIpc) is 2.06. The molecule has 1 heterocycles. The molecule has 0 radical (unpaired) electrons. The van der Waals surface area contributed by atoms with Gasteiger partial charge in [-0.05, 0) is 0 Å². The highest BCUT2D eigenvalue weighted by Crippen LogP contribution is 2.30. The highest BCUT2D eigenvalue weighted by molar-refractivity contribution is 8.13. The molecule has 0 bridgehead atoms. The number of nitrogen functional groups attached to an aromatic ring is 1. The molecular formula is C6H5ClF2N2O3S. The van der Waals surface area contributed by atoms with Crippen molar-refractivity contribution < 1.29 is 17.2 Å². The maximum absolute atomic E-state index is 12.4. The first-order valence-electron chi connectivity index (χ1n) is 3.49. The summed E-state index contributed by atoms with van der Waals surface area (Å²) < 4.78 is 46.6. The largest absolute Gasteiger partial charge is 0.394 e. The lowest BCUT2D eigenvalue weighted by atomic mass is 10.2. The van der Waals surface area contributed by atoms with Crippen molar-refractivity contribution in [1.82, 2.24) is 4.98 Å². The zero-order valence-electron chi connectivity index (χ0n) is 7.00. The Labute approximate surface area is 87.3 Å². The van der Waals surface area contributed by atoms with Crippen LogP contribution in [-0.4, -0.2) is 13.4 Å². The molecule has 0 unspecified atom stereocenters. The summed E-state index contributed by atoms with van der Waals surface area (Å²) in [6, 6.07) is 0. The fraction of sp³-hybridized carbons (Fsp3) is 0.167. The van der Waals surface area contributed by atoms with Crippen LogP contribution in [0, 0.1) is 0 Å². The molecule has 1 rings (SSSR count). The number of aromatic nitrogens is 1. The number of H-pyrrole nitrogens is 1. The smallest absolute Gasteiger partial charge is 0.271 e. The average molecular weight is 259 g/mol. The summed E-state index contributed by atoms with van der Waals surface area (Å²) in [5.74, 6) is 0. The number of alkyl halides is 2. The topological polar surface area (TPSA) is 93.0 Å². The van der Waals surface area contributed by atoms with Crippen molar-refractivity contribution in [2.24, 2.45) is 0 Å². The van der Waals surface area contributed by atoms with Gasteiger partial charge in [-0.1, -0.05) is 0 Å². The number of pyridine rings is 1. The van der Waals surface area contributed by atoms with Gasteiger partial charge in [0.2, 0.25) is 0 Å². The second kappa shape index (κ2) is 3.78. The molecule has 1 aromatic rings. The van der Waals surface area contributed by atoms with Crippen LogP contribution in [0.1, 0.15) is 12.0 Å². The molecule has 0 atom stereocenters. The number of aromatic amines is 1. The monoisotopic (exact) mass is 258 g/mol. The van der Waals surface area contributed by atoms with E-state index in [-0.39, 0.29) is 0 Å². The predicted octanol–water partition coefficient (Wildman–Crippen LogP) is 0.822. The Bertz CT molecular complexity index is 540. The fourth-order valence-corrected chi connectivity index (χ4v) is 2.01. The lowest BCUT2D eigenvalue weighted by molar-refractivity contribution is 0.148. The van der Waals surface area contributed by atoms with Gasteiger partial charge in [-0.15, -0.1) is 0 Å². The van der Waals surface area contributed by atoms with E-state index in [9.17, 15) is 22.0 Å². The second-order valence-corrected chi connectivity index (χ2v) is 5.08. The normalized spacial score (nSPS) is 12.0. The molecule has 1 aromatic heterocycles. The SMILES string of the molecule is Nc1c(C(F)F)c(S(=O)(=O)Cl)c[nH]c1=O. The van der Waals surface area contributed by atoms with Crippen LogP contribution in [0.5, 0.6) is 0 Å². The van der Waals surface area contributed by atoms with Crippen molar-refractivity contribution in [2.75, 3.05) is 5.73 Å². The molecule has 0 aliphatic heterocycles. The zero-order chi connectivity index (χ0) is 11.8. The molecule has 3 N–H and O–H groups in total. The molecule has 0 saturated carbocycles. The quantitative estimate of drug-likeness (QED) is 0.768. The number of nitrogens with two attached hydrogens (primary N) is 1. The Kier molecular flexibility index (Phi) is 3.00. The third-order valence-electron chi connectivity index (χ3n) is 1.62. The highest BCUT2D eigenvalue weighted by atomic mass is 35.7. The maximum atomic E-state index is 12.4. The minimum atomic E-state index is -4.38. The van der Waals surface area contributed by atoms with Gasteiger partial charge in [0.25, 0.3) is 21.0 Å². The lowest BCUT2D eigenvalue weighted by Gasteiger charge is -2.07. The zero-order valence-corrected chi connectivity index (χ0v) is 8.57. The van der Waals surface area contributed by atoms with Gasteiger partial charge < -0.3 is 10.7 Å². The first-order valence-corrected chi connectivity index (χ1v) is 5.80. The number of hydrogen-bond donors (Lipinski definition) is 2. The van der Waals surface area contributed by atoms with Gasteiger partial charge in [0.05, 0.1) is 5.56 Å². The minimum Gasteiger partial charge on any atom is -0.394 e. The third-order valence-corrected chi connectivity index (χ3v) is 2.98. The van der Waals surface area contributed by atoms with Crippen LogP contribution in [0.4, 0.5) is 14.5 Å². The summed E-state index contributed by atoms with van der Waals surface area (Å²) in [6.45, 7) is 0. The Morgan fingerprint density at radius 3 is 2.40 bits per heavy atom. The van der Waals surface area contributed by atoms with E-state index in [2.05, 4.69) is 0 Å². The molecule has 0 aromatic carbocycles. The van der Waals surface area contributed by atoms with Crippen LogP contribution in [0.15, 0.2) is 15.9 Å². The van der Waals surface area contributed by atoms with Crippen LogP contribution >= 0.6 is 10.7 Å². The van der Waals surface area contributed by atoms with E-state index in [0.717, 1.165) is 0 Å². The molecule has 0 amide bonds. The van der Waals surface area contributed by atoms with Crippen LogP contribution in [0.2, 0.25) is 0 Å². The summed E-state index contributed by atoms with van der Waals surface area (Å²) in [5, 5.41) is 0. The van der Waals surface area contributed by atoms with Gasteiger partial charge in [-0.3, -0.25) is 4.79 Å². The fourth-order valence-electron chi connectivity index (χ4n) is 0.968. The Balaban J connectivity index is 3.70. The molecule has 5 nitrogen and oxygen atoms in total. The molecule has 15 heavy (non-hydrogen) atoms. The summed E-state index contributed by atoms with van der Waals surface area (Å²) >= 11 is 0. The van der Waals surface area contributed by atoms with Gasteiger partial charge in [0, 0.05) is 16.9 Å². The summed E-state index contributed by atoms with van der Waals surface area (Å²) in [5.41, 5.74) is 2.11. The van der Waals surface area contributed by atoms with E-state index in [1.54, 1.807) is 0 Å². The van der Waals surface area contributed by atoms with Crippen molar-refractivity contribution >= 4 is 25.4 Å². The number of hydrogen-bond acceptors (Lipinski definition) is 4. The second-order valence-electron chi connectivity index (χ2n) is 2.55. The Morgan fingerprint density at radius 1 is 1.47 bits per heavy atom. The van der Waals surface area contributed by atoms with Crippen LogP contribution in [0.25, 0.3) is 0 Å². The lowest BCUT2D eigenvalue weighted by Crippen LogP contribution is -2.17. The Hall–Kier alpha value is -1.15. The summed E-state index contributed by atoms with van der Waals surface area (Å²) in [7, 11) is 0.518. The van der Waals surface area contributed by atoms with Gasteiger partial charge in [0.1, 0.15) is 10.6 Å². The van der Waals surface area contributed by atoms with Crippen LogP contribution in [-0.2, 0) is 9.05 Å². The van der Waals surface area contributed by atoms with Crippen molar-refractivity contribution in [2.45, 2.75) is 11.3 Å². The summed E-state index contributed by atoms with van der Waals surface area (Å²) in [4.78, 5) is 11.9. The van der Waals surface area contributed by atoms with Crippen molar-refractivity contribution in [1.29, 1.82) is 0 Å². The molecule has 9 heteroatoms. The molecule has 84 valence electrons. The molecule has 0 aliphatic carbocycles. The maximum Gasteiger partial charge on any atom is 0.271 e. The molecule has 0 saturated heterocycles. The third kappa shape index (κ3) is 2.26. The van der Waals surface area contributed by atoms with E-state index >= 15 is 0 Å². The van der Waals surface area contributed by atoms with E-state index in [0.29, 0.717) is 6.20 Å². The summed E-state index contributed by atoms with van der Waals surface area (Å²) in [6.07, 6.45) is -2.61.